The summed E-state index contributed by atoms with van der Waals surface area (Å²) in [6.45, 7) is 2.05. The fourth-order valence-corrected chi connectivity index (χ4v) is 6.36. The van der Waals surface area contributed by atoms with Crippen molar-refractivity contribution in [3.63, 3.8) is 0 Å². The Hall–Kier alpha value is -3.22. The van der Waals surface area contributed by atoms with Crippen LogP contribution < -0.4 is 19.6 Å². The van der Waals surface area contributed by atoms with Crippen molar-refractivity contribution in [1.29, 1.82) is 0 Å². The van der Waals surface area contributed by atoms with Crippen molar-refractivity contribution >= 4 is 39.0 Å². The van der Waals surface area contributed by atoms with Gasteiger partial charge in [0.25, 0.3) is 5.56 Å². The van der Waals surface area contributed by atoms with Gasteiger partial charge in [-0.3, -0.25) is 9.36 Å². The molecule has 2 heterocycles. The van der Waals surface area contributed by atoms with Crippen molar-refractivity contribution in [2.24, 2.45) is 4.99 Å². The second kappa shape index (κ2) is 8.77. The number of aryl methyl sites for hydroxylation is 2. The zero-order chi connectivity index (χ0) is 24.1. The molecule has 0 amide bonds. The molecule has 0 radical (unpaired) electrons. The zero-order valence-corrected chi connectivity index (χ0v) is 21.8. The molecule has 0 saturated carbocycles. The highest BCUT2D eigenvalue weighted by Crippen LogP contribution is 2.41. The predicted molar refractivity (Wildman–Crippen MR) is 145 cm³/mol. The Bertz CT molecular complexity index is 1680. The predicted octanol–water partition coefficient (Wildman–Crippen LogP) is 5.40. The van der Waals surface area contributed by atoms with E-state index in [9.17, 15) is 4.79 Å². The van der Waals surface area contributed by atoms with E-state index in [0.717, 1.165) is 50.3 Å². The number of fused-ring (bicyclic) bond motifs is 3. The Morgan fingerprint density at radius 1 is 1.09 bits per heavy atom. The fraction of sp³-hybridized carbons (Fsp3) is 0.172. The van der Waals surface area contributed by atoms with Gasteiger partial charge in [-0.25, -0.2) is 4.99 Å². The van der Waals surface area contributed by atoms with Crippen LogP contribution in [0.4, 0.5) is 0 Å². The molecule has 1 aliphatic heterocycles. The van der Waals surface area contributed by atoms with Crippen molar-refractivity contribution in [1.82, 2.24) is 4.57 Å². The van der Waals surface area contributed by atoms with Crippen LogP contribution in [0.25, 0.3) is 11.8 Å². The lowest BCUT2D eigenvalue weighted by molar-refractivity contribution is 0.414. The molecule has 2 aliphatic rings. The first-order chi connectivity index (χ1) is 17.0. The summed E-state index contributed by atoms with van der Waals surface area (Å²) in [5.74, 6) is 0.800. The molecule has 1 unspecified atom stereocenters. The molecule has 35 heavy (non-hydrogen) atoms. The van der Waals surface area contributed by atoms with Crippen molar-refractivity contribution in [2.75, 3.05) is 7.11 Å². The lowest BCUT2D eigenvalue weighted by atomic mass is 9.83. The number of benzene rings is 3. The molecule has 1 aliphatic carbocycles. The molecule has 0 fully saturated rings. The maximum absolute atomic E-state index is 13.8. The molecule has 0 N–H and O–H groups in total. The van der Waals surface area contributed by atoms with Gasteiger partial charge in [0.15, 0.2) is 4.80 Å². The first-order valence-electron chi connectivity index (χ1n) is 11.6. The lowest BCUT2D eigenvalue weighted by Gasteiger charge is -2.30. The quantitative estimate of drug-likeness (QED) is 0.348. The molecule has 3 aromatic carbocycles. The number of halogens is 1. The normalized spacial score (nSPS) is 16.9. The van der Waals surface area contributed by atoms with Crippen LogP contribution in [0.1, 0.15) is 40.3 Å². The highest BCUT2D eigenvalue weighted by atomic mass is 79.9. The van der Waals surface area contributed by atoms with Gasteiger partial charge in [-0.2, -0.15) is 0 Å². The van der Waals surface area contributed by atoms with Crippen molar-refractivity contribution in [2.45, 2.75) is 25.8 Å². The summed E-state index contributed by atoms with van der Waals surface area (Å²) in [6.07, 6.45) is 3.79. The number of methoxy groups -OCH3 is 1. The van der Waals surface area contributed by atoms with E-state index in [2.05, 4.69) is 71.4 Å². The molecule has 0 spiro atoms. The number of ether oxygens (including phenoxy) is 1. The summed E-state index contributed by atoms with van der Waals surface area (Å²) in [5, 5.41) is 0. The average Bonchev–Trinajstić information content (AvgIpc) is 3.19. The molecule has 0 saturated heterocycles. The first-order valence-corrected chi connectivity index (χ1v) is 13.2. The smallest absolute Gasteiger partial charge is 0.271 e. The molecule has 1 aromatic heterocycles. The van der Waals surface area contributed by atoms with Gasteiger partial charge in [-0.05, 0) is 71.9 Å². The molecule has 1 atom stereocenters. The van der Waals surface area contributed by atoms with Crippen molar-refractivity contribution in [3.8, 4) is 5.75 Å². The van der Waals surface area contributed by atoms with Gasteiger partial charge in [0.1, 0.15) is 5.75 Å². The minimum atomic E-state index is -0.188. The van der Waals surface area contributed by atoms with Crippen LogP contribution in [0.2, 0.25) is 0 Å². The lowest BCUT2D eigenvalue weighted by Crippen LogP contribution is -2.38. The monoisotopic (exact) mass is 542 g/mol. The van der Waals surface area contributed by atoms with E-state index in [1.807, 2.05) is 28.8 Å². The molecular formula is C29H23BrN2O2S. The highest BCUT2D eigenvalue weighted by molar-refractivity contribution is 9.10. The number of hydrogen-bond acceptors (Lipinski definition) is 4. The third-order valence-electron chi connectivity index (χ3n) is 6.80. The van der Waals surface area contributed by atoms with Gasteiger partial charge >= 0.3 is 0 Å². The molecule has 0 bridgehead atoms. The third kappa shape index (κ3) is 3.81. The number of aromatic nitrogens is 1. The van der Waals surface area contributed by atoms with Crippen LogP contribution in [0.3, 0.4) is 0 Å². The minimum absolute atomic E-state index is 0.00308. The number of hydrogen-bond donors (Lipinski definition) is 0. The van der Waals surface area contributed by atoms with Gasteiger partial charge in [0.05, 0.1) is 23.4 Å². The van der Waals surface area contributed by atoms with E-state index in [0.29, 0.717) is 4.53 Å². The van der Waals surface area contributed by atoms with Crippen LogP contribution in [-0.2, 0) is 6.42 Å². The summed E-state index contributed by atoms with van der Waals surface area (Å²) < 4.78 is 8.98. The third-order valence-corrected chi connectivity index (χ3v) is 8.64. The average molecular weight is 543 g/mol. The Morgan fingerprint density at radius 2 is 1.89 bits per heavy atom. The van der Waals surface area contributed by atoms with Gasteiger partial charge < -0.3 is 4.74 Å². The Kier molecular flexibility index (Phi) is 5.58. The van der Waals surface area contributed by atoms with E-state index >= 15 is 0 Å². The summed E-state index contributed by atoms with van der Waals surface area (Å²) in [4.78, 5) is 19.6. The summed E-state index contributed by atoms with van der Waals surface area (Å²) in [6, 6.07) is 22.5. The second-order valence-corrected chi connectivity index (χ2v) is 10.8. The number of rotatable bonds is 3. The topological polar surface area (TPSA) is 43.6 Å². The maximum Gasteiger partial charge on any atom is 0.271 e. The Labute approximate surface area is 215 Å². The molecule has 4 nitrogen and oxygen atoms in total. The number of nitrogens with zero attached hydrogens (tertiary/aromatic N) is 2. The van der Waals surface area contributed by atoms with Crippen LogP contribution >= 0.6 is 27.3 Å². The van der Waals surface area contributed by atoms with Crippen LogP contribution in [-0.4, -0.2) is 11.7 Å². The highest BCUT2D eigenvalue weighted by Gasteiger charge is 2.32. The standard InChI is InChI=1S/C29H23BrN2O2S/c1-17-7-8-18(15-24(17)30)16-25-28(33)32-27(20-9-12-21(34-2)13-10-20)23-14-11-19-5-3-4-6-22(19)26(23)31-29(32)35-25/h3-10,12-13,15-16,27H,11,14H2,1-2H3. The second-order valence-electron chi connectivity index (χ2n) is 8.90. The van der Waals surface area contributed by atoms with E-state index in [4.69, 9.17) is 9.73 Å². The van der Waals surface area contributed by atoms with Gasteiger partial charge in [0.2, 0.25) is 0 Å². The molecule has 4 aromatic rings. The van der Waals surface area contributed by atoms with E-state index in [1.54, 1.807) is 7.11 Å². The van der Waals surface area contributed by atoms with E-state index < -0.39 is 0 Å². The molecule has 174 valence electrons. The molecule has 6 rings (SSSR count). The number of thiazole rings is 1. The fourth-order valence-electron chi connectivity index (χ4n) is 4.96. The first kappa shape index (κ1) is 22.3. The SMILES string of the molecule is COc1ccc(C2C3=C(N=c4sc(=Cc5ccc(C)c(Br)c5)c(=O)n42)c2ccccc2CC3)cc1. The van der Waals surface area contributed by atoms with E-state index in [-0.39, 0.29) is 11.6 Å². The van der Waals surface area contributed by atoms with Gasteiger partial charge in [-0.1, -0.05) is 75.8 Å². The summed E-state index contributed by atoms with van der Waals surface area (Å²) in [5.41, 5.74) is 7.91. The minimum Gasteiger partial charge on any atom is -0.497 e. The van der Waals surface area contributed by atoms with Gasteiger partial charge in [-0.15, -0.1) is 0 Å². The maximum atomic E-state index is 13.8. The Balaban J connectivity index is 1.60. The van der Waals surface area contributed by atoms with Crippen LogP contribution in [0, 0.1) is 6.92 Å². The molecular weight excluding hydrogens is 520 g/mol. The van der Waals surface area contributed by atoms with Crippen LogP contribution in [0.15, 0.2) is 86.6 Å². The van der Waals surface area contributed by atoms with Gasteiger partial charge in [0, 0.05) is 10.0 Å². The van der Waals surface area contributed by atoms with E-state index in [1.165, 1.54) is 28.0 Å². The zero-order valence-electron chi connectivity index (χ0n) is 19.4. The van der Waals surface area contributed by atoms with Crippen LogP contribution in [0.5, 0.6) is 5.75 Å². The number of allylic oxidation sites excluding steroid dienone is 1. The Morgan fingerprint density at radius 3 is 2.66 bits per heavy atom. The van der Waals surface area contributed by atoms with Crippen molar-refractivity contribution in [3.05, 3.63) is 124 Å². The largest absolute Gasteiger partial charge is 0.497 e. The van der Waals surface area contributed by atoms with Crippen molar-refractivity contribution < 1.29 is 4.74 Å². The summed E-state index contributed by atoms with van der Waals surface area (Å²) in [7, 11) is 1.67. The summed E-state index contributed by atoms with van der Waals surface area (Å²) >= 11 is 5.07. The molecule has 6 heteroatoms.